The molecule has 0 saturated heterocycles. The Morgan fingerprint density at radius 3 is 2.30 bits per heavy atom. The van der Waals surface area contributed by atoms with Crippen molar-refractivity contribution in [2.75, 3.05) is 10.5 Å². The highest BCUT2D eigenvalue weighted by Crippen LogP contribution is 2.30. The van der Waals surface area contributed by atoms with E-state index in [-0.39, 0.29) is 26.3 Å². The van der Waals surface area contributed by atoms with Crippen LogP contribution in [0.4, 0.5) is 11.4 Å². The van der Waals surface area contributed by atoms with Crippen LogP contribution in [0.5, 0.6) is 0 Å². The smallest absolute Gasteiger partial charge is 0.263 e. The summed E-state index contributed by atoms with van der Waals surface area (Å²) in [6.45, 7) is 0. The van der Waals surface area contributed by atoms with Gasteiger partial charge in [-0.2, -0.15) is 0 Å². The van der Waals surface area contributed by atoms with Crippen molar-refractivity contribution in [1.29, 1.82) is 0 Å². The normalized spacial score (nSPS) is 11.3. The molecule has 106 valence electrons. The maximum atomic E-state index is 12.3. The molecule has 0 atom stereocenters. The second-order valence-electron chi connectivity index (χ2n) is 3.92. The average Bonchev–Trinajstić information content (AvgIpc) is 2.35. The minimum absolute atomic E-state index is 0.0665. The molecule has 0 amide bonds. The van der Waals surface area contributed by atoms with Crippen LogP contribution in [-0.4, -0.2) is 8.42 Å². The Morgan fingerprint density at radius 1 is 0.950 bits per heavy atom. The third-order valence-corrected chi connectivity index (χ3v) is 4.82. The first kappa shape index (κ1) is 15.3. The largest absolute Gasteiger partial charge is 0.399 e. The number of nitrogen functional groups attached to an aromatic ring is 1. The van der Waals surface area contributed by atoms with Crippen molar-refractivity contribution in [2.45, 2.75) is 4.90 Å². The number of nitrogens with one attached hydrogen (secondary N) is 1. The molecule has 0 aromatic heterocycles. The van der Waals surface area contributed by atoms with Crippen LogP contribution in [-0.2, 0) is 10.0 Å². The fraction of sp³-hybridized carbons (Fsp3) is 0. The van der Waals surface area contributed by atoms with Gasteiger partial charge in [0.05, 0.1) is 15.7 Å². The van der Waals surface area contributed by atoms with Crippen molar-refractivity contribution in [3.8, 4) is 0 Å². The van der Waals surface area contributed by atoms with Gasteiger partial charge in [-0.3, -0.25) is 4.72 Å². The first-order valence-corrected chi connectivity index (χ1v) is 7.94. The maximum Gasteiger partial charge on any atom is 0.263 e. The summed E-state index contributed by atoms with van der Waals surface area (Å²) in [7, 11) is -3.89. The molecule has 0 heterocycles. The predicted molar refractivity (Wildman–Crippen MR) is 83.1 cm³/mol. The van der Waals surface area contributed by atoms with Crippen molar-refractivity contribution in [3.63, 3.8) is 0 Å². The van der Waals surface area contributed by atoms with E-state index in [1.807, 2.05) is 0 Å². The Bertz CT molecular complexity index is 763. The van der Waals surface area contributed by atoms with Crippen molar-refractivity contribution in [2.24, 2.45) is 0 Å². The molecular weight excluding hydrogens is 343 g/mol. The number of nitrogens with two attached hydrogens (primary N) is 1. The molecule has 0 unspecified atom stereocenters. The summed E-state index contributed by atoms with van der Waals surface area (Å²) in [6, 6.07) is 8.61. The first-order valence-electron chi connectivity index (χ1n) is 5.32. The van der Waals surface area contributed by atoms with Crippen molar-refractivity contribution < 1.29 is 8.42 Å². The molecule has 8 heteroatoms. The maximum absolute atomic E-state index is 12.3. The Morgan fingerprint density at radius 2 is 1.65 bits per heavy atom. The molecule has 0 aliphatic carbocycles. The summed E-state index contributed by atoms with van der Waals surface area (Å²) < 4.78 is 26.9. The summed E-state index contributed by atoms with van der Waals surface area (Å²) in [6.07, 6.45) is 0. The monoisotopic (exact) mass is 350 g/mol. The highest BCUT2D eigenvalue weighted by Gasteiger charge is 2.19. The van der Waals surface area contributed by atoms with E-state index in [1.165, 1.54) is 36.4 Å². The topological polar surface area (TPSA) is 72.2 Å². The highest BCUT2D eigenvalue weighted by molar-refractivity contribution is 7.92. The van der Waals surface area contributed by atoms with Crippen LogP contribution < -0.4 is 10.5 Å². The quantitative estimate of drug-likeness (QED) is 0.820. The lowest BCUT2D eigenvalue weighted by molar-refractivity contribution is 0.601. The van der Waals surface area contributed by atoms with Crippen molar-refractivity contribution in [1.82, 2.24) is 0 Å². The van der Waals surface area contributed by atoms with Gasteiger partial charge in [-0.05, 0) is 36.4 Å². The number of hydrogen-bond donors (Lipinski definition) is 2. The van der Waals surface area contributed by atoms with Gasteiger partial charge in [0, 0.05) is 10.7 Å². The van der Waals surface area contributed by atoms with Gasteiger partial charge in [0.15, 0.2) is 0 Å². The summed E-state index contributed by atoms with van der Waals surface area (Å²) in [4.78, 5) is -0.120. The Balaban J connectivity index is 2.43. The lowest BCUT2D eigenvalue weighted by Gasteiger charge is -2.11. The lowest BCUT2D eigenvalue weighted by Crippen LogP contribution is -2.14. The highest BCUT2D eigenvalue weighted by atomic mass is 35.5. The van der Waals surface area contributed by atoms with E-state index in [4.69, 9.17) is 40.5 Å². The van der Waals surface area contributed by atoms with Gasteiger partial charge in [0.2, 0.25) is 0 Å². The molecule has 2 aromatic rings. The number of sulfonamides is 1. The van der Waals surface area contributed by atoms with Crippen LogP contribution in [0.1, 0.15) is 0 Å². The van der Waals surface area contributed by atoms with Crippen LogP contribution >= 0.6 is 34.8 Å². The minimum atomic E-state index is -3.89. The van der Waals surface area contributed by atoms with E-state index >= 15 is 0 Å². The summed E-state index contributed by atoms with van der Waals surface area (Å²) in [5.41, 5.74) is 6.07. The predicted octanol–water partition coefficient (Wildman–Crippen LogP) is 4.03. The standard InChI is InChI=1S/C12H9Cl3N2O2S/c13-7-1-4-11(10(15)5-7)17-20(18,19)12-6-8(16)2-3-9(12)14/h1-6,17H,16H2. The van der Waals surface area contributed by atoms with Crippen LogP contribution in [0.3, 0.4) is 0 Å². The number of anilines is 2. The molecule has 4 nitrogen and oxygen atoms in total. The molecule has 3 N–H and O–H groups in total. The van der Waals surface area contributed by atoms with Gasteiger partial charge in [-0.25, -0.2) is 8.42 Å². The molecule has 0 aliphatic rings. The van der Waals surface area contributed by atoms with Gasteiger partial charge in [0.25, 0.3) is 10.0 Å². The molecule has 0 bridgehead atoms. The number of benzene rings is 2. The van der Waals surface area contributed by atoms with E-state index in [9.17, 15) is 8.42 Å². The zero-order valence-corrected chi connectivity index (χ0v) is 13.0. The van der Waals surface area contributed by atoms with Crippen molar-refractivity contribution >= 4 is 56.2 Å². The van der Waals surface area contributed by atoms with E-state index in [2.05, 4.69) is 4.72 Å². The van der Waals surface area contributed by atoms with E-state index in [0.29, 0.717) is 5.02 Å². The van der Waals surface area contributed by atoms with Gasteiger partial charge in [0.1, 0.15) is 4.90 Å². The third kappa shape index (κ3) is 3.30. The van der Waals surface area contributed by atoms with Crippen LogP contribution in [0.15, 0.2) is 41.3 Å². The van der Waals surface area contributed by atoms with Crippen molar-refractivity contribution in [3.05, 3.63) is 51.5 Å². The zero-order chi connectivity index (χ0) is 14.9. The van der Waals surface area contributed by atoms with Gasteiger partial charge >= 0.3 is 0 Å². The second kappa shape index (κ2) is 5.69. The van der Waals surface area contributed by atoms with Gasteiger partial charge < -0.3 is 5.73 Å². The van der Waals surface area contributed by atoms with Gasteiger partial charge in [-0.15, -0.1) is 0 Å². The van der Waals surface area contributed by atoms with Crippen LogP contribution in [0.2, 0.25) is 15.1 Å². The molecule has 0 saturated carbocycles. The van der Waals surface area contributed by atoms with E-state index in [1.54, 1.807) is 0 Å². The number of hydrogen-bond acceptors (Lipinski definition) is 3. The Kier molecular flexibility index (Phi) is 4.34. The van der Waals surface area contributed by atoms with Crippen LogP contribution in [0.25, 0.3) is 0 Å². The first-order chi connectivity index (χ1) is 9.29. The molecule has 2 rings (SSSR count). The van der Waals surface area contributed by atoms with Gasteiger partial charge in [-0.1, -0.05) is 34.8 Å². The lowest BCUT2D eigenvalue weighted by atomic mass is 10.3. The average molecular weight is 352 g/mol. The molecule has 0 aliphatic heterocycles. The molecule has 0 spiro atoms. The molecule has 0 radical (unpaired) electrons. The van der Waals surface area contributed by atoms with E-state index < -0.39 is 10.0 Å². The molecule has 0 fully saturated rings. The Hall–Kier alpha value is -1.14. The number of halogens is 3. The third-order valence-electron chi connectivity index (χ3n) is 2.42. The fourth-order valence-corrected chi connectivity index (χ4v) is 3.63. The molecule has 2 aromatic carbocycles. The summed E-state index contributed by atoms with van der Waals surface area (Å²) >= 11 is 17.6. The van der Waals surface area contributed by atoms with Crippen LogP contribution in [0, 0.1) is 0 Å². The summed E-state index contributed by atoms with van der Waals surface area (Å²) in [5, 5.41) is 0.651. The Labute approximate surface area is 131 Å². The number of rotatable bonds is 3. The summed E-state index contributed by atoms with van der Waals surface area (Å²) in [5.74, 6) is 0. The molecule has 20 heavy (non-hydrogen) atoms. The van der Waals surface area contributed by atoms with E-state index in [0.717, 1.165) is 0 Å². The second-order valence-corrected chi connectivity index (χ2v) is 6.82. The minimum Gasteiger partial charge on any atom is -0.399 e. The molecular formula is C12H9Cl3N2O2S. The SMILES string of the molecule is Nc1ccc(Cl)c(S(=O)(=O)Nc2ccc(Cl)cc2Cl)c1. The zero-order valence-electron chi connectivity index (χ0n) is 9.90. The fourth-order valence-electron chi connectivity index (χ4n) is 1.50.